The number of nitrogens with one attached hydrogen (secondary N) is 2. The number of ether oxygens (including phenoxy) is 4. The first-order valence-electron chi connectivity index (χ1n) is 17.4. The zero-order valence-corrected chi connectivity index (χ0v) is 31.1. The van der Waals surface area contributed by atoms with E-state index in [1.165, 1.54) is 25.3 Å². The second kappa shape index (κ2) is 21.1. The average molecular weight is 757 g/mol. The second-order valence-corrected chi connectivity index (χ2v) is 13.6. The zero-order chi connectivity index (χ0) is 39.1. The van der Waals surface area contributed by atoms with Crippen LogP contribution in [0.1, 0.15) is 57.3 Å². The molecule has 288 valence electrons. The van der Waals surface area contributed by atoms with Crippen LogP contribution < -0.4 is 15.4 Å². The van der Waals surface area contributed by atoms with Crippen LogP contribution in [-0.4, -0.2) is 84.6 Å². The molecule has 2 amide bonds. The van der Waals surface area contributed by atoms with Crippen LogP contribution >= 0.6 is 11.6 Å². The minimum Gasteiger partial charge on any atom is -0.495 e. The van der Waals surface area contributed by atoms with E-state index in [4.69, 9.17) is 30.5 Å². The molecule has 7 atom stereocenters. The van der Waals surface area contributed by atoms with Crippen LogP contribution in [0.25, 0.3) is 0 Å². The summed E-state index contributed by atoms with van der Waals surface area (Å²) in [6, 6.07) is 12.2. The molecule has 3 rings (SSSR count). The largest absolute Gasteiger partial charge is 0.495 e. The van der Waals surface area contributed by atoms with Crippen molar-refractivity contribution in [3.05, 3.63) is 89.5 Å². The van der Waals surface area contributed by atoms with Gasteiger partial charge in [0.05, 0.1) is 30.6 Å². The lowest BCUT2D eigenvalue weighted by atomic mass is 9.89. The number of carbonyl (C=O) groups is 5. The van der Waals surface area contributed by atoms with Gasteiger partial charge in [-0.25, -0.2) is 4.79 Å². The predicted molar refractivity (Wildman–Crippen MR) is 195 cm³/mol. The monoisotopic (exact) mass is 756 g/mol. The Morgan fingerprint density at radius 2 is 1.77 bits per heavy atom. The molecule has 1 aliphatic rings. The Kier molecular flexibility index (Phi) is 17.0. The summed E-state index contributed by atoms with van der Waals surface area (Å²) in [5.41, 5.74) is 1.02. The number of halogens is 1. The van der Waals surface area contributed by atoms with Gasteiger partial charge >= 0.3 is 17.9 Å². The lowest BCUT2D eigenvalue weighted by molar-refractivity contribution is -0.179. The number of hydrogen-bond acceptors (Lipinski definition) is 11. The third kappa shape index (κ3) is 13.3. The van der Waals surface area contributed by atoms with E-state index in [9.17, 15) is 34.2 Å². The van der Waals surface area contributed by atoms with E-state index in [2.05, 4.69) is 17.2 Å². The average Bonchev–Trinajstić information content (AvgIpc) is 3.13. The maximum atomic E-state index is 13.7. The first-order valence-corrected chi connectivity index (χ1v) is 17.8. The van der Waals surface area contributed by atoms with E-state index in [-0.39, 0.29) is 36.8 Å². The fraction of sp³-hybridized carbons (Fsp3) is 0.462. The van der Waals surface area contributed by atoms with Crippen LogP contribution in [0, 0.1) is 17.8 Å². The van der Waals surface area contributed by atoms with E-state index in [1.54, 1.807) is 55.5 Å². The lowest BCUT2D eigenvalue weighted by Crippen LogP contribution is -2.49. The number of carbonyl (C=O) groups excluding carboxylic acids is 5. The van der Waals surface area contributed by atoms with Crippen molar-refractivity contribution in [1.29, 1.82) is 0 Å². The van der Waals surface area contributed by atoms with Gasteiger partial charge < -0.3 is 39.8 Å². The molecular formula is C39H49ClN2O11. The van der Waals surface area contributed by atoms with Gasteiger partial charge in [-0.05, 0) is 41.7 Å². The molecule has 0 spiro atoms. The fourth-order valence-corrected chi connectivity index (χ4v) is 5.90. The van der Waals surface area contributed by atoms with Gasteiger partial charge in [0.2, 0.25) is 11.8 Å². The summed E-state index contributed by atoms with van der Waals surface area (Å²) >= 11 is 6.31. The number of rotatable bonds is 13. The zero-order valence-electron chi connectivity index (χ0n) is 30.4. The van der Waals surface area contributed by atoms with Gasteiger partial charge in [-0.3, -0.25) is 19.2 Å². The van der Waals surface area contributed by atoms with E-state index in [0.29, 0.717) is 16.9 Å². The highest BCUT2D eigenvalue weighted by Crippen LogP contribution is 2.28. The molecule has 0 bridgehead atoms. The van der Waals surface area contributed by atoms with Crippen molar-refractivity contribution in [2.75, 3.05) is 20.3 Å². The fourth-order valence-electron chi connectivity index (χ4n) is 5.62. The Balaban J connectivity index is 2.01. The number of methoxy groups -OCH3 is 1. The quantitative estimate of drug-likeness (QED) is 0.132. The first kappa shape index (κ1) is 42.7. The van der Waals surface area contributed by atoms with Crippen molar-refractivity contribution in [3.63, 3.8) is 0 Å². The number of aliphatic hydroxyl groups is 2. The molecule has 14 heteroatoms. The van der Waals surface area contributed by atoms with Crippen molar-refractivity contribution in [3.8, 4) is 5.75 Å². The Morgan fingerprint density at radius 3 is 2.42 bits per heavy atom. The summed E-state index contributed by atoms with van der Waals surface area (Å²) in [6.45, 7) is 8.18. The smallest absolute Gasteiger partial charge is 0.347 e. The molecule has 0 radical (unpaired) electrons. The minimum atomic E-state index is -1.43. The van der Waals surface area contributed by atoms with E-state index in [1.807, 2.05) is 13.8 Å². The van der Waals surface area contributed by atoms with Crippen LogP contribution in [-0.2, 0) is 44.6 Å². The minimum absolute atomic E-state index is 0.0110. The maximum absolute atomic E-state index is 13.7. The molecule has 0 aromatic heterocycles. The van der Waals surface area contributed by atoms with Gasteiger partial charge in [-0.15, -0.1) is 0 Å². The third-order valence-electron chi connectivity index (χ3n) is 8.62. The van der Waals surface area contributed by atoms with Crippen molar-refractivity contribution >= 4 is 41.3 Å². The normalized spacial score (nSPS) is 22.6. The summed E-state index contributed by atoms with van der Waals surface area (Å²) in [5, 5.41) is 27.8. The summed E-state index contributed by atoms with van der Waals surface area (Å²) < 4.78 is 21.8. The highest BCUT2D eigenvalue weighted by Gasteiger charge is 2.37. The third-order valence-corrected chi connectivity index (χ3v) is 8.92. The van der Waals surface area contributed by atoms with Gasteiger partial charge in [-0.1, -0.05) is 87.5 Å². The van der Waals surface area contributed by atoms with Gasteiger partial charge in [0.15, 0.2) is 6.10 Å². The van der Waals surface area contributed by atoms with Crippen molar-refractivity contribution in [1.82, 2.24) is 10.6 Å². The van der Waals surface area contributed by atoms with E-state index >= 15 is 0 Å². The Bertz CT molecular complexity index is 1600. The number of cyclic esters (lactones) is 2. The summed E-state index contributed by atoms with van der Waals surface area (Å²) in [6.07, 6.45) is -1.90. The molecule has 53 heavy (non-hydrogen) atoms. The molecule has 0 unspecified atom stereocenters. The van der Waals surface area contributed by atoms with Gasteiger partial charge in [-0.2, -0.15) is 0 Å². The van der Waals surface area contributed by atoms with E-state index in [0.717, 1.165) is 0 Å². The molecule has 0 fully saturated rings. The molecule has 0 saturated carbocycles. The van der Waals surface area contributed by atoms with Crippen LogP contribution in [0.15, 0.2) is 73.3 Å². The van der Waals surface area contributed by atoms with E-state index < -0.39 is 85.0 Å². The topological polar surface area (TPSA) is 187 Å². The summed E-state index contributed by atoms with van der Waals surface area (Å²) in [4.78, 5) is 66.8. The lowest BCUT2D eigenvalue weighted by Gasteiger charge is -2.31. The Hall–Kier alpha value is -4.72. The summed E-state index contributed by atoms with van der Waals surface area (Å²) in [5.74, 6) is -5.94. The number of benzene rings is 2. The molecule has 2 aromatic carbocycles. The van der Waals surface area contributed by atoms with Crippen molar-refractivity contribution in [2.24, 2.45) is 17.8 Å². The van der Waals surface area contributed by atoms with Crippen LogP contribution in [0.3, 0.4) is 0 Å². The highest BCUT2D eigenvalue weighted by atomic mass is 35.5. The first-order chi connectivity index (χ1) is 25.2. The second-order valence-electron chi connectivity index (χ2n) is 13.2. The molecule has 4 N–H and O–H groups in total. The Morgan fingerprint density at radius 1 is 1.06 bits per heavy atom. The SMILES string of the molecule is C=CCOC(=O)C[C@@H]1CNC(=O)[C@@H](Cc2ccc(OC)c(Cl)c2)NC(=O)/C=C/C[C@@H]([C@H](C)[C@@H](O)[C@H](O)c2ccccc2)OC(=O)[C@H](CC(C)C)OC1=O. The predicted octanol–water partition coefficient (Wildman–Crippen LogP) is 3.79. The van der Waals surface area contributed by atoms with Crippen molar-refractivity contribution < 1.29 is 53.1 Å². The van der Waals surface area contributed by atoms with Gasteiger partial charge in [0, 0.05) is 25.3 Å². The van der Waals surface area contributed by atoms with Gasteiger partial charge in [0.1, 0.15) is 30.6 Å². The van der Waals surface area contributed by atoms with Crippen LogP contribution in [0.5, 0.6) is 5.75 Å². The molecular weight excluding hydrogens is 708 g/mol. The molecule has 0 saturated heterocycles. The Labute approximate surface area is 314 Å². The number of hydrogen-bond donors (Lipinski definition) is 4. The molecule has 0 aliphatic carbocycles. The maximum Gasteiger partial charge on any atom is 0.347 e. The van der Waals surface area contributed by atoms with Crippen molar-refractivity contribution in [2.45, 2.75) is 76.9 Å². The molecule has 2 aromatic rings. The van der Waals surface area contributed by atoms with Crippen LogP contribution in [0.2, 0.25) is 5.02 Å². The highest BCUT2D eigenvalue weighted by molar-refractivity contribution is 6.32. The number of aliphatic hydroxyl groups excluding tert-OH is 2. The molecule has 13 nitrogen and oxygen atoms in total. The standard InChI is InChI=1S/C39H49ClN2O11/c1-6-17-51-34(44)21-27-22-41-37(47)29(20-25-15-16-31(50-5)28(40)19-25)42-33(43)14-10-13-30(52-39(49)32(18-23(2)3)53-38(27)48)24(4)35(45)36(46)26-11-8-7-9-12-26/h6-12,14-16,19,23-24,27,29-30,32,35-36,45-46H,1,13,17-18,20-22H2,2-5H3,(H,41,47)(H,42,43)/b14-10+/t24-,27+,29+,30-,32-,35+,36+/m0/s1. The molecule has 1 aliphatic heterocycles. The van der Waals surface area contributed by atoms with Crippen LogP contribution in [0.4, 0.5) is 0 Å². The number of esters is 3. The van der Waals surface area contributed by atoms with Gasteiger partial charge in [0.25, 0.3) is 0 Å². The summed E-state index contributed by atoms with van der Waals surface area (Å²) in [7, 11) is 1.46. The number of amides is 2. The molecule has 1 heterocycles.